The van der Waals surface area contributed by atoms with Crippen molar-refractivity contribution in [3.05, 3.63) is 23.8 Å². The Morgan fingerprint density at radius 3 is 2.54 bits per heavy atom. The summed E-state index contributed by atoms with van der Waals surface area (Å²) in [5.41, 5.74) is 7.28. The standard InChI is InChI=1S/C11H17NO/c1-4-11(2,3)9-7-8(12)5-6-10(9)13/h5-7,13H,4,12H2,1-3H3. The summed E-state index contributed by atoms with van der Waals surface area (Å²) in [7, 11) is 0. The number of nitrogens with two attached hydrogens (primary N) is 1. The summed E-state index contributed by atoms with van der Waals surface area (Å²) in [5, 5.41) is 9.65. The lowest BCUT2D eigenvalue weighted by Gasteiger charge is -2.24. The van der Waals surface area contributed by atoms with Crippen LogP contribution in [0.4, 0.5) is 5.69 Å². The summed E-state index contributed by atoms with van der Waals surface area (Å²) in [5.74, 6) is 0.334. The maximum atomic E-state index is 9.65. The summed E-state index contributed by atoms with van der Waals surface area (Å²) in [6.07, 6.45) is 0.976. The van der Waals surface area contributed by atoms with Gasteiger partial charge in [0.15, 0.2) is 0 Å². The summed E-state index contributed by atoms with van der Waals surface area (Å²) >= 11 is 0. The number of rotatable bonds is 2. The molecule has 2 nitrogen and oxygen atoms in total. The monoisotopic (exact) mass is 179 g/mol. The molecule has 0 atom stereocenters. The highest BCUT2D eigenvalue weighted by Gasteiger charge is 2.21. The van der Waals surface area contributed by atoms with Crippen molar-refractivity contribution in [1.29, 1.82) is 0 Å². The van der Waals surface area contributed by atoms with Crippen LogP contribution in [0.1, 0.15) is 32.8 Å². The normalized spacial score (nSPS) is 11.6. The Bertz CT molecular complexity index is 305. The van der Waals surface area contributed by atoms with Gasteiger partial charge in [-0.15, -0.1) is 0 Å². The van der Waals surface area contributed by atoms with Gasteiger partial charge in [-0.1, -0.05) is 20.8 Å². The van der Waals surface area contributed by atoms with E-state index < -0.39 is 0 Å². The Labute approximate surface area is 79.4 Å². The summed E-state index contributed by atoms with van der Waals surface area (Å²) < 4.78 is 0. The van der Waals surface area contributed by atoms with Crippen LogP contribution in [0.3, 0.4) is 0 Å². The molecule has 1 aromatic rings. The van der Waals surface area contributed by atoms with Gasteiger partial charge in [-0.05, 0) is 30.0 Å². The highest BCUT2D eigenvalue weighted by Crippen LogP contribution is 2.34. The fourth-order valence-electron chi connectivity index (χ4n) is 1.29. The number of hydrogen-bond donors (Lipinski definition) is 2. The van der Waals surface area contributed by atoms with E-state index in [2.05, 4.69) is 20.8 Å². The van der Waals surface area contributed by atoms with E-state index in [1.54, 1.807) is 12.1 Å². The van der Waals surface area contributed by atoms with Crippen LogP contribution in [0.2, 0.25) is 0 Å². The molecule has 0 aliphatic carbocycles. The Morgan fingerprint density at radius 2 is 2.00 bits per heavy atom. The van der Waals surface area contributed by atoms with Gasteiger partial charge < -0.3 is 10.8 Å². The van der Waals surface area contributed by atoms with Crippen molar-refractivity contribution in [2.75, 3.05) is 5.73 Å². The fourth-order valence-corrected chi connectivity index (χ4v) is 1.29. The molecule has 13 heavy (non-hydrogen) atoms. The first-order valence-electron chi connectivity index (χ1n) is 4.56. The van der Waals surface area contributed by atoms with Crippen molar-refractivity contribution < 1.29 is 5.11 Å². The van der Waals surface area contributed by atoms with Gasteiger partial charge in [-0.3, -0.25) is 0 Å². The number of benzene rings is 1. The number of aromatic hydroxyl groups is 1. The third-order valence-corrected chi connectivity index (χ3v) is 2.63. The smallest absolute Gasteiger partial charge is 0.119 e. The van der Waals surface area contributed by atoms with Gasteiger partial charge in [0.2, 0.25) is 0 Å². The molecular formula is C11H17NO. The second kappa shape index (κ2) is 3.29. The van der Waals surface area contributed by atoms with Crippen molar-refractivity contribution in [2.24, 2.45) is 0 Å². The Morgan fingerprint density at radius 1 is 1.38 bits per heavy atom. The Kier molecular flexibility index (Phi) is 2.50. The van der Waals surface area contributed by atoms with E-state index >= 15 is 0 Å². The average Bonchev–Trinajstić information content (AvgIpc) is 2.09. The van der Waals surface area contributed by atoms with Gasteiger partial charge in [0.25, 0.3) is 0 Å². The van der Waals surface area contributed by atoms with Crippen molar-refractivity contribution in [3.8, 4) is 5.75 Å². The van der Waals surface area contributed by atoms with Gasteiger partial charge in [0, 0.05) is 11.3 Å². The molecule has 0 saturated carbocycles. The first-order chi connectivity index (χ1) is 5.97. The minimum absolute atomic E-state index is 0.0144. The minimum atomic E-state index is -0.0144. The second-order valence-corrected chi connectivity index (χ2v) is 4.01. The van der Waals surface area contributed by atoms with E-state index in [0.717, 1.165) is 12.0 Å². The predicted octanol–water partition coefficient (Wildman–Crippen LogP) is 2.66. The first-order valence-corrected chi connectivity index (χ1v) is 4.56. The third kappa shape index (κ3) is 1.94. The molecule has 0 bridgehead atoms. The van der Waals surface area contributed by atoms with Gasteiger partial charge in [0.05, 0.1) is 0 Å². The van der Waals surface area contributed by atoms with Crippen LogP contribution < -0.4 is 5.73 Å². The summed E-state index contributed by atoms with van der Waals surface area (Å²) in [6, 6.07) is 5.21. The number of phenols is 1. The SMILES string of the molecule is CCC(C)(C)c1cc(N)ccc1O. The van der Waals surface area contributed by atoms with Gasteiger partial charge in [0.1, 0.15) is 5.75 Å². The molecule has 1 rings (SSSR count). The molecular weight excluding hydrogens is 162 g/mol. The van der Waals surface area contributed by atoms with Crippen LogP contribution in [0.5, 0.6) is 5.75 Å². The van der Waals surface area contributed by atoms with Gasteiger partial charge in [-0.2, -0.15) is 0 Å². The third-order valence-electron chi connectivity index (χ3n) is 2.63. The lowest BCUT2D eigenvalue weighted by molar-refractivity contribution is 0.429. The average molecular weight is 179 g/mol. The topological polar surface area (TPSA) is 46.2 Å². The highest BCUT2D eigenvalue weighted by molar-refractivity contribution is 5.49. The molecule has 0 radical (unpaired) electrons. The zero-order chi connectivity index (χ0) is 10.1. The molecule has 0 saturated heterocycles. The number of phenolic OH excluding ortho intramolecular Hbond substituents is 1. The summed E-state index contributed by atoms with van der Waals surface area (Å²) in [6.45, 7) is 6.30. The van der Waals surface area contributed by atoms with Crippen LogP contribution in [-0.4, -0.2) is 5.11 Å². The van der Waals surface area contributed by atoms with E-state index in [0.29, 0.717) is 11.4 Å². The Balaban J connectivity index is 3.20. The van der Waals surface area contributed by atoms with Crippen LogP contribution in [0.25, 0.3) is 0 Å². The largest absolute Gasteiger partial charge is 0.508 e. The van der Waals surface area contributed by atoms with Crippen molar-refractivity contribution >= 4 is 5.69 Å². The number of hydrogen-bond acceptors (Lipinski definition) is 2. The molecule has 1 aromatic carbocycles. The van der Waals surface area contributed by atoms with Crippen LogP contribution in [0, 0.1) is 0 Å². The fraction of sp³-hybridized carbons (Fsp3) is 0.455. The summed E-state index contributed by atoms with van der Waals surface area (Å²) in [4.78, 5) is 0. The maximum Gasteiger partial charge on any atom is 0.119 e. The zero-order valence-electron chi connectivity index (χ0n) is 8.46. The van der Waals surface area contributed by atoms with E-state index in [4.69, 9.17) is 5.73 Å². The molecule has 0 aromatic heterocycles. The molecule has 0 fully saturated rings. The van der Waals surface area contributed by atoms with E-state index in [1.165, 1.54) is 0 Å². The number of nitrogen functional groups attached to an aromatic ring is 1. The van der Waals surface area contributed by atoms with E-state index in [9.17, 15) is 5.11 Å². The molecule has 0 amide bonds. The van der Waals surface area contributed by atoms with Crippen LogP contribution in [0.15, 0.2) is 18.2 Å². The molecule has 3 N–H and O–H groups in total. The van der Waals surface area contributed by atoms with Crippen LogP contribution >= 0.6 is 0 Å². The first kappa shape index (κ1) is 9.90. The molecule has 0 aliphatic heterocycles. The molecule has 72 valence electrons. The van der Waals surface area contributed by atoms with Gasteiger partial charge >= 0.3 is 0 Å². The molecule has 0 heterocycles. The van der Waals surface area contributed by atoms with Crippen LogP contribution in [-0.2, 0) is 5.41 Å². The Hall–Kier alpha value is -1.18. The lowest BCUT2D eigenvalue weighted by atomic mass is 9.81. The maximum absolute atomic E-state index is 9.65. The minimum Gasteiger partial charge on any atom is -0.508 e. The molecule has 0 unspecified atom stereocenters. The van der Waals surface area contributed by atoms with Crippen molar-refractivity contribution in [1.82, 2.24) is 0 Å². The molecule has 2 heteroatoms. The quantitative estimate of drug-likeness (QED) is 0.541. The second-order valence-electron chi connectivity index (χ2n) is 4.01. The zero-order valence-corrected chi connectivity index (χ0v) is 8.46. The van der Waals surface area contributed by atoms with Crippen molar-refractivity contribution in [2.45, 2.75) is 32.6 Å². The molecule has 0 spiro atoms. The predicted molar refractivity (Wildman–Crippen MR) is 55.8 cm³/mol. The lowest BCUT2D eigenvalue weighted by Crippen LogP contribution is -2.15. The van der Waals surface area contributed by atoms with Gasteiger partial charge in [-0.25, -0.2) is 0 Å². The molecule has 0 aliphatic rings. The van der Waals surface area contributed by atoms with E-state index in [1.807, 2.05) is 6.07 Å². The van der Waals surface area contributed by atoms with E-state index in [-0.39, 0.29) is 5.41 Å². The van der Waals surface area contributed by atoms with Crippen molar-refractivity contribution in [3.63, 3.8) is 0 Å². The highest BCUT2D eigenvalue weighted by atomic mass is 16.3. The number of anilines is 1.